The Bertz CT molecular complexity index is 475. The van der Waals surface area contributed by atoms with Crippen molar-refractivity contribution in [3.63, 3.8) is 0 Å². The molecule has 0 fully saturated rings. The van der Waals surface area contributed by atoms with E-state index < -0.39 is 10.2 Å². The number of nitro benzene ring substituents is 1. The van der Waals surface area contributed by atoms with Crippen molar-refractivity contribution in [3.8, 4) is 5.75 Å². The zero-order valence-corrected chi connectivity index (χ0v) is 10.1. The highest BCUT2D eigenvalue weighted by molar-refractivity contribution is 6.63. The van der Waals surface area contributed by atoms with Crippen LogP contribution in [0.25, 0.3) is 0 Å². The van der Waals surface area contributed by atoms with Crippen molar-refractivity contribution in [1.82, 2.24) is 0 Å². The molecular formula is C11H10ClNO5. The topological polar surface area (TPSA) is 86.5 Å². The van der Waals surface area contributed by atoms with Crippen LogP contribution >= 0.6 is 11.6 Å². The molecule has 0 heterocycles. The number of hydrogen-bond donors (Lipinski definition) is 0. The Hall–Kier alpha value is -1.95. The Morgan fingerprint density at radius 3 is 2.78 bits per heavy atom. The van der Waals surface area contributed by atoms with Crippen LogP contribution in [0.1, 0.15) is 23.2 Å². The fraction of sp³-hybridized carbons (Fsp3) is 0.273. The van der Waals surface area contributed by atoms with E-state index in [4.69, 9.17) is 16.3 Å². The van der Waals surface area contributed by atoms with Crippen molar-refractivity contribution in [3.05, 3.63) is 33.9 Å². The van der Waals surface area contributed by atoms with Gasteiger partial charge in [-0.2, -0.15) is 0 Å². The maximum atomic E-state index is 10.8. The average Bonchev–Trinajstić information content (AvgIpc) is 2.33. The molecule has 0 saturated carbocycles. The fourth-order valence-corrected chi connectivity index (χ4v) is 1.46. The SMILES string of the molecule is O=Cc1c(OCCCC(=O)Cl)cccc1[N+](=O)[O-]. The highest BCUT2D eigenvalue weighted by Gasteiger charge is 2.17. The minimum atomic E-state index is -0.654. The Kier molecular flexibility index (Phi) is 5.26. The summed E-state index contributed by atoms with van der Waals surface area (Å²) in [4.78, 5) is 31.3. The summed E-state index contributed by atoms with van der Waals surface area (Å²) in [5.74, 6) is 0.126. The van der Waals surface area contributed by atoms with E-state index >= 15 is 0 Å². The highest BCUT2D eigenvalue weighted by atomic mass is 35.5. The van der Waals surface area contributed by atoms with Crippen LogP contribution in [-0.4, -0.2) is 23.1 Å². The van der Waals surface area contributed by atoms with Crippen LogP contribution in [-0.2, 0) is 4.79 Å². The number of carbonyl (C=O) groups is 2. The van der Waals surface area contributed by atoms with Gasteiger partial charge in [0.1, 0.15) is 11.3 Å². The molecule has 0 unspecified atom stereocenters. The van der Waals surface area contributed by atoms with Crippen LogP contribution in [0.3, 0.4) is 0 Å². The van der Waals surface area contributed by atoms with Crippen molar-refractivity contribution in [2.24, 2.45) is 0 Å². The Balaban J connectivity index is 2.76. The van der Waals surface area contributed by atoms with Gasteiger partial charge in [-0.05, 0) is 24.1 Å². The van der Waals surface area contributed by atoms with Gasteiger partial charge >= 0.3 is 0 Å². The molecule has 0 bridgehead atoms. The van der Waals surface area contributed by atoms with Gasteiger partial charge in [0.2, 0.25) is 5.24 Å². The lowest BCUT2D eigenvalue weighted by Gasteiger charge is -2.07. The van der Waals surface area contributed by atoms with Gasteiger partial charge in [-0.15, -0.1) is 0 Å². The van der Waals surface area contributed by atoms with Gasteiger partial charge in [-0.1, -0.05) is 6.07 Å². The standard InChI is InChI=1S/C11H10ClNO5/c12-11(15)5-2-6-18-10-4-1-3-9(13(16)17)8(10)7-14/h1,3-4,7H,2,5-6H2. The molecule has 0 N–H and O–H groups in total. The predicted octanol–water partition coefficient (Wildman–Crippen LogP) is 2.33. The molecule has 1 aromatic carbocycles. The number of carbonyl (C=O) groups excluding carboxylic acids is 2. The van der Waals surface area contributed by atoms with Crippen LogP contribution in [0.2, 0.25) is 0 Å². The molecule has 0 aliphatic rings. The molecule has 0 saturated heterocycles. The van der Waals surface area contributed by atoms with Crippen molar-refractivity contribution < 1.29 is 19.2 Å². The van der Waals surface area contributed by atoms with Crippen molar-refractivity contribution >= 4 is 28.8 Å². The van der Waals surface area contributed by atoms with E-state index in [0.29, 0.717) is 12.7 Å². The summed E-state index contributed by atoms with van der Waals surface area (Å²) in [5.41, 5.74) is -0.421. The third-order valence-electron chi connectivity index (χ3n) is 2.13. The second kappa shape index (κ2) is 6.70. The van der Waals surface area contributed by atoms with Gasteiger partial charge in [0, 0.05) is 12.5 Å². The number of halogens is 1. The van der Waals surface area contributed by atoms with E-state index in [1.54, 1.807) is 0 Å². The lowest BCUT2D eigenvalue weighted by Crippen LogP contribution is -2.03. The fourth-order valence-electron chi connectivity index (χ4n) is 1.33. The summed E-state index contributed by atoms with van der Waals surface area (Å²) in [6, 6.07) is 4.10. The van der Waals surface area contributed by atoms with E-state index in [1.807, 2.05) is 0 Å². The number of aldehydes is 1. The van der Waals surface area contributed by atoms with Gasteiger partial charge in [-0.3, -0.25) is 19.7 Å². The summed E-state index contributed by atoms with van der Waals surface area (Å²) in [5, 5.41) is 10.2. The van der Waals surface area contributed by atoms with Gasteiger partial charge in [-0.25, -0.2) is 0 Å². The maximum absolute atomic E-state index is 10.8. The summed E-state index contributed by atoms with van der Waals surface area (Å²) >= 11 is 5.14. The molecule has 0 aliphatic carbocycles. The second-order valence-corrected chi connectivity index (χ2v) is 3.79. The smallest absolute Gasteiger partial charge is 0.283 e. The van der Waals surface area contributed by atoms with Gasteiger partial charge < -0.3 is 4.74 Å². The molecule has 1 aromatic rings. The number of hydrogen-bond acceptors (Lipinski definition) is 5. The molecular weight excluding hydrogens is 262 g/mol. The first-order valence-electron chi connectivity index (χ1n) is 5.10. The number of rotatable bonds is 7. The summed E-state index contributed by atoms with van der Waals surface area (Å²) in [7, 11) is 0. The Morgan fingerprint density at radius 1 is 1.50 bits per heavy atom. The highest BCUT2D eigenvalue weighted by Crippen LogP contribution is 2.26. The summed E-state index contributed by atoms with van der Waals surface area (Å²) < 4.78 is 5.22. The Labute approximate surface area is 108 Å². The molecule has 0 radical (unpaired) electrons. The lowest BCUT2D eigenvalue weighted by atomic mass is 10.2. The van der Waals surface area contributed by atoms with Gasteiger partial charge in [0.25, 0.3) is 5.69 Å². The molecule has 18 heavy (non-hydrogen) atoms. The number of benzene rings is 1. The second-order valence-electron chi connectivity index (χ2n) is 3.37. The summed E-state index contributed by atoms with van der Waals surface area (Å²) in [6.45, 7) is 0.153. The van der Waals surface area contributed by atoms with Crippen LogP contribution in [0.4, 0.5) is 5.69 Å². The first-order chi connectivity index (χ1) is 8.56. The molecule has 7 heteroatoms. The molecule has 0 amide bonds. The van der Waals surface area contributed by atoms with E-state index in [1.165, 1.54) is 18.2 Å². The van der Waals surface area contributed by atoms with Crippen molar-refractivity contribution in [2.75, 3.05) is 6.61 Å². The first kappa shape index (κ1) is 14.1. The van der Waals surface area contributed by atoms with E-state index in [9.17, 15) is 19.7 Å². The third kappa shape index (κ3) is 3.81. The molecule has 0 aliphatic heterocycles. The third-order valence-corrected chi connectivity index (χ3v) is 2.32. The van der Waals surface area contributed by atoms with Crippen molar-refractivity contribution in [1.29, 1.82) is 0 Å². The quantitative estimate of drug-likeness (QED) is 0.250. The maximum Gasteiger partial charge on any atom is 0.283 e. The molecule has 1 rings (SSSR count). The predicted molar refractivity (Wildman–Crippen MR) is 64.1 cm³/mol. The van der Waals surface area contributed by atoms with Crippen LogP contribution in [0.15, 0.2) is 18.2 Å². The lowest BCUT2D eigenvalue weighted by molar-refractivity contribution is -0.385. The Morgan fingerprint density at radius 2 is 2.22 bits per heavy atom. The molecule has 0 aromatic heterocycles. The van der Waals surface area contributed by atoms with Crippen LogP contribution in [0.5, 0.6) is 5.75 Å². The van der Waals surface area contributed by atoms with E-state index in [2.05, 4.69) is 0 Å². The normalized spacial score (nSPS) is 9.83. The largest absolute Gasteiger partial charge is 0.493 e. The zero-order valence-electron chi connectivity index (χ0n) is 9.30. The molecule has 0 atom stereocenters. The molecule has 0 spiro atoms. The number of nitro groups is 1. The summed E-state index contributed by atoms with van der Waals surface area (Å²) in [6.07, 6.45) is 0.899. The van der Waals surface area contributed by atoms with E-state index in [-0.39, 0.29) is 30.0 Å². The molecule has 96 valence electrons. The number of ether oxygens (including phenoxy) is 1. The van der Waals surface area contributed by atoms with Crippen LogP contribution < -0.4 is 4.74 Å². The average molecular weight is 272 g/mol. The zero-order chi connectivity index (χ0) is 13.5. The van der Waals surface area contributed by atoms with Gasteiger partial charge in [0.05, 0.1) is 11.5 Å². The first-order valence-corrected chi connectivity index (χ1v) is 5.47. The van der Waals surface area contributed by atoms with E-state index in [0.717, 1.165) is 0 Å². The van der Waals surface area contributed by atoms with Crippen molar-refractivity contribution in [2.45, 2.75) is 12.8 Å². The number of nitrogens with zero attached hydrogens (tertiary/aromatic N) is 1. The monoisotopic (exact) mass is 271 g/mol. The van der Waals surface area contributed by atoms with Gasteiger partial charge in [0.15, 0.2) is 6.29 Å². The minimum absolute atomic E-state index is 0.111. The minimum Gasteiger partial charge on any atom is -0.493 e. The van der Waals surface area contributed by atoms with Crippen LogP contribution in [0, 0.1) is 10.1 Å². The molecule has 6 nitrogen and oxygen atoms in total.